The summed E-state index contributed by atoms with van der Waals surface area (Å²) >= 11 is 0. The molecule has 3 aliphatic rings. The van der Waals surface area contributed by atoms with Crippen LogP contribution in [0.3, 0.4) is 0 Å². The molecule has 2 nitrogen and oxygen atoms in total. The minimum atomic E-state index is 0.733. The van der Waals surface area contributed by atoms with Gasteiger partial charge in [0.1, 0.15) is 0 Å². The SMILES string of the molecule is CCC1CN(CC2CC3CCC2C3)C(CC(C)C)CN1. The molecule has 0 aromatic carbocycles. The zero-order valence-corrected chi connectivity index (χ0v) is 13.8. The molecule has 1 aliphatic heterocycles. The second-order valence-corrected chi connectivity index (χ2v) is 8.19. The third kappa shape index (κ3) is 3.22. The lowest BCUT2D eigenvalue weighted by atomic mass is 9.87. The van der Waals surface area contributed by atoms with Gasteiger partial charge in [-0.25, -0.2) is 0 Å². The molecule has 0 amide bonds. The van der Waals surface area contributed by atoms with Crippen molar-refractivity contribution in [1.82, 2.24) is 10.2 Å². The number of fused-ring (bicyclic) bond motifs is 2. The third-order valence-corrected chi connectivity index (χ3v) is 6.20. The number of piperazine rings is 1. The summed E-state index contributed by atoms with van der Waals surface area (Å²) in [6, 6.07) is 1.52. The van der Waals surface area contributed by atoms with Crippen LogP contribution in [0.5, 0.6) is 0 Å². The monoisotopic (exact) mass is 278 g/mol. The summed E-state index contributed by atoms with van der Waals surface area (Å²) in [7, 11) is 0. The molecule has 5 atom stereocenters. The Balaban J connectivity index is 1.60. The van der Waals surface area contributed by atoms with Gasteiger partial charge in [-0.2, -0.15) is 0 Å². The van der Waals surface area contributed by atoms with Gasteiger partial charge in [-0.15, -0.1) is 0 Å². The summed E-state index contributed by atoms with van der Waals surface area (Å²) in [5.41, 5.74) is 0. The van der Waals surface area contributed by atoms with Gasteiger partial charge in [0.15, 0.2) is 0 Å². The van der Waals surface area contributed by atoms with E-state index in [4.69, 9.17) is 0 Å². The van der Waals surface area contributed by atoms with Crippen molar-refractivity contribution in [2.45, 2.75) is 71.4 Å². The molecule has 2 bridgehead atoms. The Morgan fingerprint density at radius 2 is 2.05 bits per heavy atom. The van der Waals surface area contributed by atoms with Crippen molar-refractivity contribution in [3.8, 4) is 0 Å². The molecule has 5 unspecified atom stereocenters. The standard InChI is InChI=1S/C18H34N2/c1-4-17-12-20(18(10-19-17)7-13(2)3)11-16-9-14-5-6-15(16)8-14/h13-19H,4-12H2,1-3H3. The Labute approximate surface area is 125 Å². The number of nitrogens with one attached hydrogen (secondary N) is 1. The minimum Gasteiger partial charge on any atom is -0.311 e. The van der Waals surface area contributed by atoms with Gasteiger partial charge in [-0.1, -0.05) is 27.2 Å². The fourth-order valence-corrected chi connectivity index (χ4v) is 5.10. The average Bonchev–Trinajstić information content (AvgIpc) is 3.02. The smallest absolute Gasteiger partial charge is 0.0223 e. The molecular formula is C18H34N2. The molecule has 1 saturated heterocycles. The van der Waals surface area contributed by atoms with Gasteiger partial charge >= 0.3 is 0 Å². The van der Waals surface area contributed by atoms with E-state index in [-0.39, 0.29) is 0 Å². The molecule has 1 N–H and O–H groups in total. The summed E-state index contributed by atoms with van der Waals surface area (Å²) in [5.74, 6) is 4.02. The van der Waals surface area contributed by atoms with Crippen LogP contribution < -0.4 is 5.32 Å². The molecule has 0 aromatic rings. The van der Waals surface area contributed by atoms with Crippen LogP contribution in [0.1, 0.15) is 59.3 Å². The van der Waals surface area contributed by atoms with Crippen LogP contribution in [0.4, 0.5) is 0 Å². The lowest BCUT2D eigenvalue weighted by Gasteiger charge is -2.43. The predicted octanol–water partition coefficient (Wildman–Crippen LogP) is 3.52. The third-order valence-electron chi connectivity index (χ3n) is 6.20. The number of hydrogen-bond acceptors (Lipinski definition) is 2. The van der Waals surface area contributed by atoms with E-state index in [0.29, 0.717) is 0 Å². The normalized spacial score (nSPS) is 41.7. The summed E-state index contributed by atoms with van der Waals surface area (Å²) in [6.07, 6.45) is 8.82. The lowest BCUT2D eigenvalue weighted by Crippen LogP contribution is -2.57. The van der Waals surface area contributed by atoms with Gasteiger partial charge in [0.05, 0.1) is 0 Å². The first-order valence-corrected chi connectivity index (χ1v) is 9.13. The second kappa shape index (κ2) is 6.36. The van der Waals surface area contributed by atoms with Gasteiger partial charge in [-0.3, -0.25) is 4.90 Å². The van der Waals surface area contributed by atoms with Crippen LogP contribution in [0, 0.1) is 23.7 Å². The van der Waals surface area contributed by atoms with Crippen LogP contribution in [0.2, 0.25) is 0 Å². The Bertz CT molecular complexity index is 315. The molecule has 2 heteroatoms. The summed E-state index contributed by atoms with van der Waals surface area (Å²) in [5, 5.41) is 3.77. The summed E-state index contributed by atoms with van der Waals surface area (Å²) < 4.78 is 0. The van der Waals surface area contributed by atoms with Gasteiger partial charge in [0.2, 0.25) is 0 Å². The van der Waals surface area contributed by atoms with E-state index < -0.39 is 0 Å². The maximum absolute atomic E-state index is 3.77. The Hall–Kier alpha value is -0.0800. The fraction of sp³-hybridized carbons (Fsp3) is 1.00. The molecule has 20 heavy (non-hydrogen) atoms. The van der Waals surface area contributed by atoms with Crippen LogP contribution in [0.15, 0.2) is 0 Å². The first kappa shape index (κ1) is 14.8. The molecule has 0 spiro atoms. The van der Waals surface area contributed by atoms with Crippen molar-refractivity contribution < 1.29 is 0 Å². The zero-order chi connectivity index (χ0) is 14.1. The topological polar surface area (TPSA) is 15.3 Å². The zero-order valence-electron chi connectivity index (χ0n) is 13.8. The Morgan fingerprint density at radius 3 is 2.65 bits per heavy atom. The summed E-state index contributed by atoms with van der Waals surface area (Å²) in [4.78, 5) is 2.87. The first-order chi connectivity index (χ1) is 9.65. The maximum Gasteiger partial charge on any atom is 0.0223 e. The van der Waals surface area contributed by atoms with Gasteiger partial charge in [-0.05, 0) is 55.8 Å². The quantitative estimate of drug-likeness (QED) is 0.828. The van der Waals surface area contributed by atoms with Crippen LogP contribution >= 0.6 is 0 Å². The fourth-order valence-electron chi connectivity index (χ4n) is 5.10. The molecule has 3 rings (SSSR count). The molecule has 0 radical (unpaired) electrons. The highest BCUT2D eigenvalue weighted by atomic mass is 15.2. The number of nitrogens with zero attached hydrogens (tertiary/aromatic N) is 1. The Kier molecular flexibility index (Phi) is 4.72. The largest absolute Gasteiger partial charge is 0.311 e. The van der Waals surface area contributed by atoms with E-state index in [1.165, 1.54) is 45.3 Å². The van der Waals surface area contributed by atoms with E-state index in [1.54, 1.807) is 12.8 Å². The number of hydrogen-bond donors (Lipinski definition) is 1. The van der Waals surface area contributed by atoms with Gasteiger partial charge in [0.25, 0.3) is 0 Å². The molecule has 116 valence electrons. The summed E-state index contributed by atoms with van der Waals surface area (Å²) in [6.45, 7) is 11.0. The van der Waals surface area contributed by atoms with E-state index in [9.17, 15) is 0 Å². The van der Waals surface area contributed by atoms with E-state index >= 15 is 0 Å². The molecular weight excluding hydrogens is 244 g/mol. The van der Waals surface area contributed by atoms with Crippen molar-refractivity contribution in [3.63, 3.8) is 0 Å². The Morgan fingerprint density at radius 1 is 1.20 bits per heavy atom. The van der Waals surface area contributed by atoms with Crippen LogP contribution in [0.25, 0.3) is 0 Å². The van der Waals surface area contributed by atoms with Crippen molar-refractivity contribution in [2.75, 3.05) is 19.6 Å². The van der Waals surface area contributed by atoms with E-state index in [1.807, 2.05) is 0 Å². The maximum atomic E-state index is 3.77. The van der Waals surface area contributed by atoms with Crippen molar-refractivity contribution in [3.05, 3.63) is 0 Å². The highest BCUT2D eigenvalue weighted by Gasteiger charge is 2.41. The molecule has 1 heterocycles. The van der Waals surface area contributed by atoms with Crippen molar-refractivity contribution in [1.29, 1.82) is 0 Å². The lowest BCUT2D eigenvalue weighted by molar-refractivity contribution is 0.0819. The van der Waals surface area contributed by atoms with Crippen molar-refractivity contribution in [2.24, 2.45) is 23.7 Å². The van der Waals surface area contributed by atoms with E-state index in [0.717, 1.165) is 35.8 Å². The first-order valence-electron chi connectivity index (χ1n) is 9.13. The average molecular weight is 278 g/mol. The van der Waals surface area contributed by atoms with Gasteiger partial charge < -0.3 is 5.32 Å². The van der Waals surface area contributed by atoms with Crippen molar-refractivity contribution >= 4 is 0 Å². The second-order valence-electron chi connectivity index (χ2n) is 8.19. The molecule has 2 saturated carbocycles. The van der Waals surface area contributed by atoms with Crippen LogP contribution in [-0.4, -0.2) is 36.6 Å². The van der Waals surface area contributed by atoms with Crippen LogP contribution in [-0.2, 0) is 0 Å². The highest BCUT2D eigenvalue weighted by molar-refractivity contribution is 4.94. The molecule has 3 fully saturated rings. The number of rotatable bonds is 5. The minimum absolute atomic E-state index is 0.733. The van der Waals surface area contributed by atoms with E-state index in [2.05, 4.69) is 31.0 Å². The van der Waals surface area contributed by atoms with Gasteiger partial charge in [0, 0.05) is 31.7 Å². The highest BCUT2D eigenvalue weighted by Crippen LogP contribution is 2.48. The molecule has 0 aromatic heterocycles. The molecule has 2 aliphatic carbocycles. The predicted molar refractivity (Wildman–Crippen MR) is 85.8 cm³/mol.